The summed E-state index contributed by atoms with van der Waals surface area (Å²) in [7, 11) is -3.34. The van der Waals surface area contributed by atoms with Gasteiger partial charge in [0.15, 0.2) is 0 Å². The minimum atomic E-state index is -3.34. The normalized spacial score (nSPS) is 16.1. The van der Waals surface area contributed by atoms with Crippen LogP contribution in [0.4, 0.5) is 0 Å². The zero-order valence-corrected chi connectivity index (χ0v) is 17.3. The van der Waals surface area contributed by atoms with Crippen LogP contribution in [0.1, 0.15) is 6.42 Å². The van der Waals surface area contributed by atoms with Crippen LogP contribution in [0.3, 0.4) is 0 Å². The topological polar surface area (TPSA) is 146 Å². The molecule has 0 radical (unpaired) electrons. The fourth-order valence-corrected chi connectivity index (χ4v) is 4.66. The highest BCUT2D eigenvalue weighted by Gasteiger charge is 2.50. The average Bonchev–Trinajstić information content (AvgIpc) is 3.41. The molecule has 156 valence electrons. The smallest absolute Gasteiger partial charge is 0.211 e. The number of fused-ring (bicyclic) bond motifs is 1. The summed E-state index contributed by atoms with van der Waals surface area (Å²) in [6.07, 6.45) is 6.23. The van der Waals surface area contributed by atoms with Gasteiger partial charge in [0.1, 0.15) is 22.6 Å². The number of nitriles is 1. The summed E-state index contributed by atoms with van der Waals surface area (Å²) in [5.41, 5.74) is 2.33. The van der Waals surface area contributed by atoms with Gasteiger partial charge in [0.2, 0.25) is 10.0 Å². The van der Waals surface area contributed by atoms with Crippen molar-refractivity contribution in [3.63, 3.8) is 0 Å². The second-order valence-electron chi connectivity index (χ2n) is 7.50. The molecule has 11 nitrogen and oxygen atoms in total. The zero-order valence-electron chi connectivity index (χ0n) is 16.5. The Kier molecular flexibility index (Phi) is 4.31. The summed E-state index contributed by atoms with van der Waals surface area (Å²) >= 11 is 0. The van der Waals surface area contributed by atoms with Crippen LogP contribution in [0.25, 0.3) is 33.7 Å². The molecule has 5 rings (SSSR count). The molecule has 0 aromatic carbocycles. The van der Waals surface area contributed by atoms with E-state index in [9.17, 15) is 13.7 Å². The molecule has 0 spiro atoms. The van der Waals surface area contributed by atoms with Gasteiger partial charge in [0.05, 0.1) is 36.2 Å². The van der Waals surface area contributed by atoms with Gasteiger partial charge in [-0.15, -0.1) is 0 Å². The number of aromatic nitrogens is 7. The monoisotopic (exact) mass is 435 g/mol. The summed E-state index contributed by atoms with van der Waals surface area (Å²) in [4.78, 5) is 10.6. The van der Waals surface area contributed by atoms with E-state index in [0.29, 0.717) is 22.8 Å². The summed E-state index contributed by atoms with van der Waals surface area (Å²) < 4.78 is 25.0. The van der Waals surface area contributed by atoms with Crippen molar-refractivity contribution in [2.45, 2.75) is 12.0 Å². The molecule has 1 N–H and O–H groups in total. The molecular formula is C19H17N9O2S. The standard InChI is InChI=1S/C19H17N9O2S/c1-31(29,30)27-11-19(12-27,5-6-20)28-23-10-17(26-28)18-13-3-2-7-21-15(13)9-16(24-18)14-4-8-22-25-14/h2-4,7-10H,5,11-12H2,1H3,(H,22,25). The lowest BCUT2D eigenvalue weighted by Gasteiger charge is -2.46. The van der Waals surface area contributed by atoms with Crippen molar-refractivity contribution in [1.29, 1.82) is 5.26 Å². The number of hydrogen-bond acceptors (Lipinski definition) is 8. The lowest BCUT2D eigenvalue weighted by molar-refractivity contribution is 0.0579. The molecule has 0 amide bonds. The van der Waals surface area contributed by atoms with Crippen molar-refractivity contribution in [2.24, 2.45) is 0 Å². The highest BCUT2D eigenvalue weighted by molar-refractivity contribution is 7.88. The van der Waals surface area contributed by atoms with Crippen LogP contribution in [0.15, 0.2) is 42.9 Å². The number of rotatable bonds is 5. The van der Waals surface area contributed by atoms with Gasteiger partial charge in [0, 0.05) is 30.9 Å². The third-order valence-electron chi connectivity index (χ3n) is 5.34. The van der Waals surface area contributed by atoms with Crippen molar-refractivity contribution in [2.75, 3.05) is 19.3 Å². The predicted octanol–water partition coefficient (Wildman–Crippen LogP) is 1.16. The van der Waals surface area contributed by atoms with Crippen LogP contribution < -0.4 is 0 Å². The molecule has 1 aliphatic heterocycles. The molecule has 0 unspecified atom stereocenters. The molecule has 31 heavy (non-hydrogen) atoms. The number of nitrogens with zero attached hydrogens (tertiary/aromatic N) is 8. The Bertz CT molecular complexity index is 1410. The van der Waals surface area contributed by atoms with Crippen LogP contribution in [0.2, 0.25) is 0 Å². The average molecular weight is 435 g/mol. The predicted molar refractivity (Wildman–Crippen MR) is 111 cm³/mol. The van der Waals surface area contributed by atoms with Crippen molar-refractivity contribution in [1.82, 2.24) is 39.5 Å². The minimum Gasteiger partial charge on any atom is -0.285 e. The molecule has 0 atom stereocenters. The molecular weight excluding hydrogens is 418 g/mol. The summed E-state index contributed by atoms with van der Waals surface area (Å²) in [5, 5.41) is 26.1. The molecule has 5 heterocycles. The van der Waals surface area contributed by atoms with E-state index in [1.165, 1.54) is 9.10 Å². The maximum Gasteiger partial charge on any atom is 0.211 e. The van der Waals surface area contributed by atoms with Crippen LogP contribution in [-0.2, 0) is 15.6 Å². The Morgan fingerprint density at radius 3 is 2.81 bits per heavy atom. The Labute approximate surface area is 177 Å². The van der Waals surface area contributed by atoms with Gasteiger partial charge in [-0.3, -0.25) is 10.1 Å². The van der Waals surface area contributed by atoms with Gasteiger partial charge in [-0.1, -0.05) is 0 Å². The number of hydrogen-bond donors (Lipinski definition) is 1. The maximum atomic E-state index is 11.8. The fourth-order valence-electron chi connectivity index (χ4n) is 3.71. The summed E-state index contributed by atoms with van der Waals surface area (Å²) in [5.74, 6) is 0. The second-order valence-corrected chi connectivity index (χ2v) is 9.48. The van der Waals surface area contributed by atoms with E-state index in [1.54, 1.807) is 18.6 Å². The van der Waals surface area contributed by atoms with Crippen LogP contribution >= 0.6 is 0 Å². The summed E-state index contributed by atoms with van der Waals surface area (Å²) in [6.45, 7) is 0.299. The molecule has 1 fully saturated rings. The molecule has 1 aliphatic rings. The van der Waals surface area contributed by atoms with Gasteiger partial charge < -0.3 is 0 Å². The number of H-pyrrole nitrogens is 1. The SMILES string of the molecule is CS(=O)(=O)N1CC(CC#N)(n2ncc(-c3nc(-c4cc[nH]n4)cc4ncccc34)n2)C1. The van der Waals surface area contributed by atoms with Gasteiger partial charge in [-0.05, 0) is 24.3 Å². The second kappa shape index (κ2) is 6.93. The quantitative estimate of drug-likeness (QED) is 0.491. The molecule has 4 aromatic rings. The highest BCUT2D eigenvalue weighted by atomic mass is 32.2. The van der Waals surface area contributed by atoms with E-state index in [0.717, 1.165) is 17.2 Å². The van der Waals surface area contributed by atoms with Crippen LogP contribution in [0, 0.1) is 11.3 Å². The third kappa shape index (κ3) is 3.24. The van der Waals surface area contributed by atoms with E-state index in [4.69, 9.17) is 4.98 Å². The van der Waals surface area contributed by atoms with E-state index in [-0.39, 0.29) is 19.5 Å². The molecule has 4 aromatic heterocycles. The Hall–Kier alpha value is -3.69. The first-order valence-corrected chi connectivity index (χ1v) is 11.3. The van der Waals surface area contributed by atoms with Crippen molar-refractivity contribution in [3.8, 4) is 28.8 Å². The van der Waals surface area contributed by atoms with Crippen molar-refractivity contribution >= 4 is 20.9 Å². The van der Waals surface area contributed by atoms with Gasteiger partial charge in [0.25, 0.3) is 0 Å². The van der Waals surface area contributed by atoms with E-state index in [1.807, 2.05) is 24.3 Å². The molecule has 1 saturated heterocycles. The fraction of sp³-hybridized carbons (Fsp3) is 0.263. The van der Waals surface area contributed by atoms with Gasteiger partial charge >= 0.3 is 0 Å². The van der Waals surface area contributed by atoms with E-state index in [2.05, 4.69) is 31.4 Å². The number of sulfonamides is 1. The zero-order chi connectivity index (χ0) is 21.6. The number of aromatic amines is 1. The first-order valence-electron chi connectivity index (χ1n) is 9.41. The van der Waals surface area contributed by atoms with Crippen molar-refractivity contribution < 1.29 is 8.42 Å². The Morgan fingerprint density at radius 2 is 2.10 bits per heavy atom. The molecule has 0 bridgehead atoms. The maximum absolute atomic E-state index is 11.8. The molecule has 0 saturated carbocycles. The van der Waals surface area contributed by atoms with Crippen molar-refractivity contribution in [3.05, 3.63) is 42.9 Å². The van der Waals surface area contributed by atoms with E-state index < -0.39 is 15.6 Å². The summed E-state index contributed by atoms with van der Waals surface area (Å²) in [6, 6.07) is 9.51. The minimum absolute atomic E-state index is 0.0934. The molecule has 12 heteroatoms. The van der Waals surface area contributed by atoms with Crippen LogP contribution in [0.5, 0.6) is 0 Å². The lowest BCUT2D eigenvalue weighted by Crippen LogP contribution is -2.64. The Morgan fingerprint density at radius 1 is 1.26 bits per heavy atom. The van der Waals surface area contributed by atoms with Gasteiger partial charge in [-0.2, -0.15) is 29.7 Å². The highest BCUT2D eigenvalue weighted by Crippen LogP contribution is 2.34. The lowest BCUT2D eigenvalue weighted by atomic mass is 9.90. The largest absolute Gasteiger partial charge is 0.285 e. The van der Waals surface area contributed by atoms with Crippen LogP contribution in [-0.4, -0.2) is 67.2 Å². The van der Waals surface area contributed by atoms with E-state index >= 15 is 0 Å². The number of pyridine rings is 2. The first-order chi connectivity index (χ1) is 14.9. The third-order valence-corrected chi connectivity index (χ3v) is 6.54. The first kappa shape index (κ1) is 19.3. The Balaban J connectivity index is 1.59. The molecule has 0 aliphatic carbocycles. The number of nitrogens with one attached hydrogen (secondary N) is 1. The van der Waals surface area contributed by atoms with Gasteiger partial charge in [-0.25, -0.2) is 13.4 Å².